The Morgan fingerprint density at radius 2 is 1.92 bits per heavy atom. The van der Waals surface area contributed by atoms with Gasteiger partial charge >= 0.3 is 16.5 Å². The summed E-state index contributed by atoms with van der Waals surface area (Å²) in [5.74, 6) is 0.637. The predicted octanol–water partition coefficient (Wildman–Crippen LogP) is 6.16. The molecule has 0 spiro atoms. The van der Waals surface area contributed by atoms with E-state index >= 15 is 0 Å². The minimum absolute atomic E-state index is 0.138. The van der Waals surface area contributed by atoms with E-state index in [9.17, 15) is 36.4 Å². The quantitative estimate of drug-likeness (QED) is 0.156. The molecule has 3 unspecified atom stereocenters. The van der Waals surface area contributed by atoms with E-state index in [4.69, 9.17) is 0 Å². The maximum absolute atomic E-state index is 12.6. The number of aliphatic hydroxyl groups excluding tert-OH is 2. The van der Waals surface area contributed by atoms with E-state index in [1.165, 1.54) is 0 Å². The topological polar surface area (TPSA) is 107 Å². The van der Waals surface area contributed by atoms with Crippen molar-refractivity contribution in [1.29, 1.82) is 0 Å². The van der Waals surface area contributed by atoms with Crippen LogP contribution >= 0.6 is 0 Å². The van der Waals surface area contributed by atoms with Gasteiger partial charge in [0.1, 0.15) is 6.10 Å². The first-order valence-corrected chi connectivity index (χ1v) is 15.1. The Morgan fingerprint density at radius 1 is 1.21 bits per heavy atom. The minimum Gasteiger partial charge on any atom is -0.393 e. The van der Waals surface area contributed by atoms with E-state index in [2.05, 4.69) is 24.3 Å². The van der Waals surface area contributed by atoms with Gasteiger partial charge in [0.25, 0.3) is 0 Å². The smallest absolute Gasteiger partial charge is 0.393 e. The number of aliphatic hydroxyl groups is 2. The van der Waals surface area contributed by atoms with Crippen LogP contribution in [0.15, 0.2) is 30.9 Å². The zero-order valence-electron chi connectivity index (χ0n) is 21.9. The Labute approximate surface area is 223 Å². The number of allylic oxidation sites excluding steroid dienone is 1. The molecule has 4 rings (SSSR count). The van der Waals surface area contributed by atoms with Crippen LogP contribution in [0.1, 0.15) is 88.2 Å². The molecule has 2 fully saturated rings. The molecule has 0 aromatic heterocycles. The zero-order chi connectivity index (χ0) is 27.9. The summed E-state index contributed by atoms with van der Waals surface area (Å²) in [7, 11) is -4.39. The van der Waals surface area contributed by atoms with Crippen LogP contribution in [0.25, 0.3) is 0 Å². The van der Waals surface area contributed by atoms with Crippen molar-refractivity contribution in [2.45, 2.75) is 102 Å². The molecule has 1 aromatic carbocycles. The molecule has 4 N–H and O–H groups in total. The van der Waals surface area contributed by atoms with Crippen LogP contribution in [0, 0.1) is 22.7 Å². The molecule has 0 heterocycles. The van der Waals surface area contributed by atoms with Crippen LogP contribution < -0.4 is 4.72 Å². The van der Waals surface area contributed by atoms with Crippen molar-refractivity contribution in [3.05, 3.63) is 42.0 Å². The SMILES string of the molecule is C=CC12CCc3cc(NS(=O)(=O)O)ccc3C1[C@@H](CCCCCC[C@H](O)C(F)(F)F)C[C@@]1(C)C2CC[C@@H]1O. The normalized spacial score (nSPS) is 33.7. The van der Waals surface area contributed by atoms with Crippen molar-refractivity contribution in [3.63, 3.8) is 0 Å². The maximum atomic E-state index is 12.6. The number of rotatable bonds is 10. The number of nitrogens with one attached hydrogen (secondary N) is 1. The lowest BCUT2D eigenvalue weighted by atomic mass is 9.44. The fourth-order valence-electron chi connectivity index (χ4n) is 8.18. The third-order valence-corrected chi connectivity index (χ3v) is 10.3. The van der Waals surface area contributed by atoms with Gasteiger partial charge in [-0.25, -0.2) is 0 Å². The number of unbranched alkanes of at least 4 members (excludes halogenated alkanes) is 3. The average Bonchev–Trinajstić information content (AvgIpc) is 3.13. The van der Waals surface area contributed by atoms with Crippen LogP contribution in [0.3, 0.4) is 0 Å². The van der Waals surface area contributed by atoms with Gasteiger partial charge in [0.05, 0.1) is 11.8 Å². The van der Waals surface area contributed by atoms with Crippen LogP contribution in [0.2, 0.25) is 0 Å². The van der Waals surface area contributed by atoms with Crippen LogP contribution in [0.5, 0.6) is 0 Å². The van der Waals surface area contributed by atoms with Crippen LogP contribution in [-0.2, 0) is 16.7 Å². The van der Waals surface area contributed by atoms with Crippen molar-refractivity contribution in [2.24, 2.45) is 22.7 Å². The van der Waals surface area contributed by atoms with Crippen molar-refractivity contribution in [2.75, 3.05) is 4.72 Å². The van der Waals surface area contributed by atoms with Gasteiger partial charge in [0.15, 0.2) is 0 Å². The molecule has 0 aliphatic heterocycles. The lowest BCUT2D eigenvalue weighted by Crippen LogP contribution is -2.54. The number of anilines is 1. The molecule has 38 heavy (non-hydrogen) atoms. The van der Waals surface area contributed by atoms with Crippen molar-refractivity contribution < 1.29 is 36.4 Å². The largest absolute Gasteiger partial charge is 0.414 e. The van der Waals surface area contributed by atoms with Gasteiger partial charge < -0.3 is 10.2 Å². The first kappa shape index (κ1) is 29.4. The Kier molecular flexibility index (Phi) is 8.30. The van der Waals surface area contributed by atoms with E-state index in [1.807, 2.05) is 6.07 Å². The molecule has 0 saturated heterocycles. The van der Waals surface area contributed by atoms with Gasteiger partial charge in [-0.2, -0.15) is 21.6 Å². The van der Waals surface area contributed by atoms with Crippen molar-refractivity contribution in [1.82, 2.24) is 0 Å². The molecule has 10 heteroatoms. The Morgan fingerprint density at radius 3 is 2.58 bits per heavy atom. The summed E-state index contributed by atoms with van der Waals surface area (Å²) in [6.45, 7) is 6.48. The van der Waals surface area contributed by atoms with Gasteiger partial charge in [0.2, 0.25) is 0 Å². The van der Waals surface area contributed by atoms with Crippen LogP contribution in [-0.4, -0.2) is 41.6 Å². The second-order valence-electron chi connectivity index (χ2n) is 11.9. The number of benzene rings is 1. The van der Waals surface area contributed by atoms with E-state index < -0.39 is 22.6 Å². The molecule has 1 aromatic rings. The highest BCUT2D eigenvalue weighted by molar-refractivity contribution is 7.87. The highest BCUT2D eigenvalue weighted by Gasteiger charge is 2.63. The third kappa shape index (κ3) is 5.64. The molecule has 0 amide bonds. The van der Waals surface area contributed by atoms with E-state index in [0.717, 1.165) is 62.5 Å². The molecule has 214 valence electrons. The number of aryl methyl sites for hydroxylation is 1. The summed E-state index contributed by atoms with van der Waals surface area (Å²) in [5.41, 5.74) is 2.05. The standard InChI is InChI=1S/C28H40F3NO5S/c1-3-27-15-14-18-16-20(32-38(35,36)37)10-11-21(18)25(27)19(17-26(2)22(27)12-13-23(26)33)8-6-4-5-7-9-24(34)28(29,30)31/h3,10-11,16,19,22-25,32-34H,1,4-9,12-15,17H2,2H3,(H,35,36,37)/t19-,22?,23-,24-,25?,26-,27?/m0/s1. The van der Waals surface area contributed by atoms with E-state index in [0.29, 0.717) is 18.5 Å². The fourth-order valence-corrected chi connectivity index (χ4v) is 8.60. The van der Waals surface area contributed by atoms with Crippen molar-refractivity contribution >= 4 is 16.0 Å². The van der Waals surface area contributed by atoms with Gasteiger partial charge in [0, 0.05) is 0 Å². The zero-order valence-corrected chi connectivity index (χ0v) is 22.7. The van der Waals surface area contributed by atoms with Gasteiger partial charge in [-0.05, 0) is 96.8 Å². The fraction of sp³-hybridized carbons (Fsp3) is 0.714. The first-order valence-electron chi connectivity index (χ1n) is 13.7. The van der Waals surface area contributed by atoms with Crippen LogP contribution in [0.4, 0.5) is 18.9 Å². The summed E-state index contributed by atoms with van der Waals surface area (Å²) < 4.78 is 71.8. The van der Waals surface area contributed by atoms with Gasteiger partial charge in [-0.15, -0.1) is 6.58 Å². The lowest BCUT2D eigenvalue weighted by molar-refractivity contribution is -0.205. The number of hydrogen-bond acceptors (Lipinski definition) is 4. The Balaban J connectivity index is 1.56. The molecule has 3 aliphatic carbocycles. The second-order valence-corrected chi connectivity index (χ2v) is 13.1. The molecule has 0 radical (unpaired) electrons. The third-order valence-electron chi connectivity index (χ3n) is 9.80. The number of alkyl halides is 3. The highest BCUT2D eigenvalue weighted by atomic mass is 32.2. The highest BCUT2D eigenvalue weighted by Crippen LogP contribution is 2.69. The van der Waals surface area contributed by atoms with E-state index in [1.54, 1.807) is 12.1 Å². The monoisotopic (exact) mass is 559 g/mol. The average molecular weight is 560 g/mol. The summed E-state index contributed by atoms with van der Waals surface area (Å²) in [4.78, 5) is 0. The molecule has 2 saturated carbocycles. The molecule has 7 atom stereocenters. The molecular weight excluding hydrogens is 519 g/mol. The number of halogens is 3. The maximum Gasteiger partial charge on any atom is 0.414 e. The lowest BCUT2D eigenvalue weighted by Gasteiger charge is -2.60. The number of hydrogen-bond donors (Lipinski definition) is 4. The summed E-state index contributed by atoms with van der Waals surface area (Å²) in [6, 6.07) is 5.41. The Hall–Kier alpha value is -1.62. The molecule has 0 bridgehead atoms. The first-order chi connectivity index (χ1) is 17.7. The number of fused-ring (bicyclic) bond motifs is 5. The Bertz CT molecular complexity index is 1130. The predicted molar refractivity (Wildman–Crippen MR) is 140 cm³/mol. The minimum atomic E-state index is -4.57. The summed E-state index contributed by atoms with van der Waals surface area (Å²) in [6.07, 6.45) is 2.06. The summed E-state index contributed by atoms with van der Waals surface area (Å²) >= 11 is 0. The molecule has 3 aliphatic rings. The van der Waals surface area contributed by atoms with Crippen molar-refractivity contribution in [3.8, 4) is 0 Å². The second kappa shape index (κ2) is 10.7. The molecule has 6 nitrogen and oxygen atoms in total. The van der Waals surface area contributed by atoms with E-state index in [-0.39, 0.29) is 41.1 Å². The summed E-state index contributed by atoms with van der Waals surface area (Å²) in [5, 5.41) is 20.3. The van der Waals surface area contributed by atoms with Gasteiger partial charge in [-0.3, -0.25) is 9.27 Å². The van der Waals surface area contributed by atoms with Gasteiger partial charge in [-0.1, -0.05) is 44.7 Å². The molecular formula is C28H40F3NO5S.